The summed E-state index contributed by atoms with van der Waals surface area (Å²) in [6.07, 6.45) is 6.23. The highest BCUT2D eigenvalue weighted by atomic mass is 16.5. The molecule has 1 saturated carbocycles. The highest BCUT2D eigenvalue weighted by Crippen LogP contribution is 2.29. The molecule has 1 saturated heterocycles. The third-order valence-electron chi connectivity index (χ3n) is 4.05. The Balaban J connectivity index is 1.72. The van der Waals surface area contributed by atoms with Gasteiger partial charge < -0.3 is 9.84 Å². The molecule has 100 valence electrons. The lowest BCUT2D eigenvalue weighted by molar-refractivity contribution is -0.0939. The van der Waals surface area contributed by atoms with E-state index in [0.717, 1.165) is 38.6 Å². The minimum Gasteiger partial charge on any atom is -0.392 e. The molecule has 0 aromatic carbocycles. The Morgan fingerprint density at radius 3 is 2.71 bits per heavy atom. The van der Waals surface area contributed by atoms with Crippen LogP contribution in [0, 0.1) is 5.92 Å². The molecule has 1 N–H and O–H groups in total. The molecule has 1 unspecified atom stereocenters. The quantitative estimate of drug-likeness (QED) is 0.817. The first-order valence-electron chi connectivity index (χ1n) is 7.09. The molecule has 2 aliphatic rings. The second kappa shape index (κ2) is 5.68. The predicted molar refractivity (Wildman–Crippen MR) is 69.1 cm³/mol. The van der Waals surface area contributed by atoms with Crippen LogP contribution in [-0.2, 0) is 4.74 Å². The number of aliphatic hydroxyl groups excluding tert-OH is 1. The maximum absolute atomic E-state index is 10.1. The smallest absolute Gasteiger partial charge is 0.0753 e. The van der Waals surface area contributed by atoms with Crippen molar-refractivity contribution in [2.45, 2.75) is 57.7 Å². The molecule has 0 aromatic rings. The van der Waals surface area contributed by atoms with Crippen LogP contribution in [0.2, 0.25) is 0 Å². The second-order valence-electron chi connectivity index (χ2n) is 6.38. The summed E-state index contributed by atoms with van der Waals surface area (Å²) in [5.41, 5.74) is -0.0503. The minimum atomic E-state index is -0.146. The first-order chi connectivity index (χ1) is 8.05. The van der Waals surface area contributed by atoms with Crippen molar-refractivity contribution in [1.29, 1.82) is 0 Å². The topological polar surface area (TPSA) is 32.7 Å². The van der Waals surface area contributed by atoms with Crippen molar-refractivity contribution in [2.75, 3.05) is 26.2 Å². The van der Waals surface area contributed by atoms with E-state index in [-0.39, 0.29) is 11.7 Å². The molecule has 0 bridgehead atoms. The number of ether oxygens (including phenoxy) is 1. The van der Waals surface area contributed by atoms with Crippen molar-refractivity contribution >= 4 is 0 Å². The van der Waals surface area contributed by atoms with Gasteiger partial charge in [-0.05, 0) is 26.2 Å². The molecule has 3 heteroatoms. The minimum absolute atomic E-state index is 0.0503. The fourth-order valence-corrected chi connectivity index (χ4v) is 3.27. The summed E-state index contributed by atoms with van der Waals surface area (Å²) < 4.78 is 5.69. The van der Waals surface area contributed by atoms with Crippen LogP contribution in [-0.4, -0.2) is 48.0 Å². The molecule has 0 aromatic heterocycles. The van der Waals surface area contributed by atoms with Gasteiger partial charge >= 0.3 is 0 Å². The van der Waals surface area contributed by atoms with Crippen molar-refractivity contribution in [3.63, 3.8) is 0 Å². The van der Waals surface area contributed by atoms with Crippen molar-refractivity contribution < 1.29 is 9.84 Å². The van der Waals surface area contributed by atoms with Crippen LogP contribution in [0.25, 0.3) is 0 Å². The van der Waals surface area contributed by atoms with Gasteiger partial charge in [0, 0.05) is 19.6 Å². The lowest BCUT2D eigenvalue weighted by Gasteiger charge is -2.39. The first kappa shape index (κ1) is 13.3. The summed E-state index contributed by atoms with van der Waals surface area (Å²) >= 11 is 0. The molecule has 0 spiro atoms. The highest BCUT2D eigenvalue weighted by Gasteiger charge is 2.28. The van der Waals surface area contributed by atoms with Gasteiger partial charge in [0.2, 0.25) is 0 Å². The third-order valence-corrected chi connectivity index (χ3v) is 4.05. The average Bonchev–Trinajstić information content (AvgIpc) is 2.68. The Labute approximate surface area is 105 Å². The summed E-state index contributed by atoms with van der Waals surface area (Å²) in [6, 6.07) is 0. The molecule has 1 aliphatic carbocycles. The van der Waals surface area contributed by atoms with E-state index in [1.54, 1.807) is 0 Å². The van der Waals surface area contributed by atoms with E-state index in [4.69, 9.17) is 4.74 Å². The number of aliphatic hydroxyl groups is 1. The average molecular weight is 241 g/mol. The second-order valence-corrected chi connectivity index (χ2v) is 6.38. The number of hydrogen-bond donors (Lipinski definition) is 1. The van der Waals surface area contributed by atoms with E-state index in [1.165, 1.54) is 25.7 Å². The number of nitrogens with zero attached hydrogens (tertiary/aromatic N) is 1. The predicted octanol–water partition coefficient (Wildman–Crippen LogP) is 2.04. The number of β-amino-alcohol motifs (C(OH)–C–C–N with tert-alkyl or cyclic N) is 1. The monoisotopic (exact) mass is 241 g/mol. The zero-order chi connectivity index (χ0) is 12.3. The van der Waals surface area contributed by atoms with Crippen molar-refractivity contribution in [2.24, 2.45) is 5.92 Å². The van der Waals surface area contributed by atoms with Gasteiger partial charge in [-0.2, -0.15) is 0 Å². The van der Waals surface area contributed by atoms with Gasteiger partial charge in [0.15, 0.2) is 0 Å². The van der Waals surface area contributed by atoms with Gasteiger partial charge in [-0.1, -0.05) is 25.7 Å². The Morgan fingerprint density at radius 2 is 2.06 bits per heavy atom. The van der Waals surface area contributed by atoms with Crippen LogP contribution >= 0.6 is 0 Å². The summed E-state index contributed by atoms with van der Waals surface area (Å²) in [6.45, 7) is 7.78. The van der Waals surface area contributed by atoms with Crippen LogP contribution in [0.1, 0.15) is 46.0 Å². The normalized spacial score (nSPS) is 28.4. The molecule has 1 atom stereocenters. The molecule has 1 heterocycles. The van der Waals surface area contributed by atoms with Crippen LogP contribution in [0.3, 0.4) is 0 Å². The van der Waals surface area contributed by atoms with E-state index in [2.05, 4.69) is 18.7 Å². The first-order valence-corrected chi connectivity index (χ1v) is 7.09. The molecule has 17 heavy (non-hydrogen) atoms. The molecular weight excluding hydrogens is 214 g/mol. The van der Waals surface area contributed by atoms with Gasteiger partial charge in [-0.3, -0.25) is 4.90 Å². The third kappa shape index (κ3) is 4.23. The van der Waals surface area contributed by atoms with Gasteiger partial charge in [-0.15, -0.1) is 0 Å². The molecule has 1 aliphatic heterocycles. The van der Waals surface area contributed by atoms with Gasteiger partial charge in [0.05, 0.1) is 18.3 Å². The fourth-order valence-electron chi connectivity index (χ4n) is 3.27. The van der Waals surface area contributed by atoms with Gasteiger partial charge in [0.25, 0.3) is 0 Å². The largest absolute Gasteiger partial charge is 0.392 e. The number of morpholine rings is 1. The Morgan fingerprint density at radius 1 is 1.35 bits per heavy atom. The van der Waals surface area contributed by atoms with Gasteiger partial charge in [-0.25, -0.2) is 0 Å². The molecular formula is C14H27NO2. The van der Waals surface area contributed by atoms with Crippen LogP contribution in [0.15, 0.2) is 0 Å². The van der Waals surface area contributed by atoms with Crippen LogP contribution < -0.4 is 0 Å². The Kier molecular flexibility index (Phi) is 4.45. The maximum Gasteiger partial charge on any atom is 0.0753 e. The van der Waals surface area contributed by atoms with Crippen LogP contribution in [0.5, 0.6) is 0 Å². The van der Waals surface area contributed by atoms with Gasteiger partial charge in [0.1, 0.15) is 0 Å². The van der Waals surface area contributed by atoms with Crippen molar-refractivity contribution in [3.8, 4) is 0 Å². The Hall–Kier alpha value is -0.120. The number of hydrogen-bond acceptors (Lipinski definition) is 3. The summed E-state index contributed by atoms with van der Waals surface area (Å²) in [7, 11) is 0. The van der Waals surface area contributed by atoms with E-state index in [1.807, 2.05) is 0 Å². The standard InChI is InChI=1S/C14H27NO2/c1-14(2)11-15(7-8-17-14)10-13(16)9-12-5-3-4-6-12/h12-13,16H,3-11H2,1-2H3. The maximum atomic E-state index is 10.1. The van der Waals surface area contributed by atoms with E-state index in [9.17, 15) is 5.11 Å². The van der Waals surface area contributed by atoms with E-state index >= 15 is 0 Å². The lowest BCUT2D eigenvalue weighted by Crippen LogP contribution is -2.50. The molecule has 2 fully saturated rings. The zero-order valence-corrected chi connectivity index (χ0v) is 11.3. The number of rotatable bonds is 4. The Bertz CT molecular complexity index is 236. The zero-order valence-electron chi connectivity index (χ0n) is 11.3. The molecule has 0 amide bonds. The fraction of sp³-hybridized carbons (Fsp3) is 1.00. The molecule has 3 nitrogen and oxygen atoms in total. The summed E-state index contributed by atoms with van der Waals surface area (Å²) in [4.78, 5) is 2.35. The van der Waals surface area contributed by atoms with E-state index < -0.39 is 0 Å². The van der Waals surface area contributed by atoms with Crippen LogP contribution in [0.4, 0.5) is 0 Å². The van der Waals surface area contributed by atoms with E-state index in [0.29, 0.717) is 0 Å². The van der Waals surface area contributed by atoms with Crippen molar-refractivity contribution in [3.05, 3.63) is 0 Å². The summed E-state index contributed by atoms with van der Waals surface area (Å²) in [5, 5.41) is 10.1. The SMILES string of the molecule is CC1(C)CN(CC(O)CC2CCCC2)CCO1. The van der Waals surface area contributed by atoms with Crippen molar-refractivity contribution in [1.82, 2.24) is 4.90 Å². The lowest BCUT2D eigenvalue weighted by atomic mass is 9.99. The molecule has 2 rings (SSSR count). The summed E-state index contributed by atoms with van der Waals surface area (Å²) in [5.74, 6) is 0.777. The highest BCUT2D eigenvalue weighted by molar-refractivity contribution is 4.81. The molecule has 0 radical (unpaired) electrons.